The summed E-state index contributed by atoms with van der Waals surface area (Å²) in [5.41, 5.74) is 5.60. The van der Waals surface area contributed by atoms with Crippen LogP contribution in [0.5, 0.6) is 0 Å². The first-order chi connectivity index (χ1) is 9.90. The molecule has 0 unspecified atom stereocenters. The Morgan fingerprint density at radius 2 is 1.95 bits per heavy atom. The maximum Gasteiger partial charge on any atom is 0.240 e. The van der Waals surface area contributed by atoms with Crippen LogP contribution in [0.15, 0.2) is 17.0 Å². The lowest BCUT2D eigenvalue weighted by atomic mass is 9.87. The summed E-state index contributed by atoms with van der Waals surface area (Å²) in [7, 11) is -3.62. The molecule has 2 rings (SSSR count). The maximum absolute atomic E-state index is 13.5. The van der Waals surface area contributed by atoms with Gasteiger partial charge in [-0.3, -0.25) is 0 Å². The van der Waals surface area contributed by atoms with Gasteiger partial charge in [0.1, 0.15) is 5.82 Å². The Labute approximate surface area is 126 Å². The van der Waals surface area contributed by atoms with Crippen molar-refractivity contribution < 1.29 is 12.8 Å². The van der Waals surface area contributed by atoms with E-state index < -0.39 is 15.8 Å². The highest BCUT2D eigenvalue weighted by atomic mass is 32.2. The summed E-state index contributed by atoms with van der Waals surface area (Å²) >= 11 is 0. The van der Waals surface area contributed by atoms with Crippen molar-refractivity contribution in [1.29, 1.82) is 0 Å². The van der Waals surface area contributed by atoms with Crippen molar-refractivity contribution in [2.45, 2.75) is 50.3 Å². The molecular weight excluding hydrogens is 291 g/mol. The predicted octanol–water partition coefficient (Wildman–Crippen LogP) is 2.97. The van der Waals surface area contributed by atoms with E-state index in [0.717, 1.165) is 6.42 Å². The Balaban J connectivity index is 1.98. The van der Waals surface area contributed by atoms with Gasteiger partial charge < -0.3 is 5.73 Å². The molecule has 6 heteroatoms. The molecule has 1 fully saturated rings. The average molecular weight is 314 g/mol. The van der Waals surface area contributed by atoms with Gasteiger partial charge in [-0.05, 0) is 37.0 Å². The van der Waals surface area contributed by atoms with Gasteiger partial charge in [0, 0.05) is 6.54 Å². The van der Waals surface area contributed by atoms with E-state index in [1.54, 1.807) is 0 Å². The van der Waals surface area contributed by atoms with Crippen LogP contribution in [0.1, 0.15) is 44.1 Å². The van der Waals surface area contributed by atoms with Crippen molar-refractivity contribution in [1.82, 2.24) is 4.72 Å². The fourth-order valence-corrected chi connectivity index (χ4v) is 4.04. The number of anilines is 1. The summed E-state index contributed by atoms with van der Waals surface area (Å²) in [6.07, 6.45) is 7.00. The number of hydrogen-bond donors (Lipinski definition) is 2. The number of benzene rings is 1. The van der Waals surface area contributed by atoms with Crippen LogP contribution in [0.2, 0.25) is 0 Å². The third kappa shape index (κ3) is 4.17. The summed E-state index contributed by atoms with van der Waals surface area (Å²) in [4.78, 5) is 0.0301. The van der Waals surface area contributed by atoms with Gasteiger partial charge in [-0.2, -0.15) is 0 Å². The first-order valence-corrected chi connectivity index (χ1v) is 8.94. The quantitative estimate of drug-likeness (QED) is 0.821. The Morgan fingerprint density at radius 3 is 2.57 bits per heavy atom. The minimum Gasteiger partial charge on any atom is -0.396 e. The molecule has 4 nitrogen and oxygen atoms in total. The molecule has 1 aliphatic carbocycles. The van der Waals surface area contributed by atoms with E-state index in [1.165, 1.54) is 51.2 Å². The smallest absolute Gasteiger partial charge is 0.240 e. The number of nitrogens with one attached hydrogen (secondary N) is 1. The first kappa shape index (κ1) is 16.2. The van der Waals surface area contributed by atoms with Gasteiger partial charge >= 0.3 is 0 Å². The largest absolute Gasteiger partial charge is 0.396 e. The van der Waals surface area contributed by atoms with Crippen LogP contribution in [0, 0.1) is 18.7 Å². The van der Waals surface area contributed by atoms with Gasteiger partial charge in [-0.25, -0.2) is 17.5 Å². The predicted molar refractivity (Wildman–Crippen MR) is 81.9 cm³/mol. The van der Waals surface area contributed by atoms with E-state index in [1.807, 2.05) is 0 Å². The van der Waals surface area contributed by atoms with Crippen LogP contribution < -0.4 is 10.5 Å². The fourth-order valence-electron chi connectivity index (χ4n) is 2.87. The minimum absolute atomic E-state index is 0.0301. The van der Waals surface area contributed by atoms with Crippen LogP contribution in [0.4, 0.5) is 10.1 Å². The van der Waals surface area contributed by atoms with E-state index >= 15 is 0 Å². The normalized spacial score (nSPS) is 17.0. The molecule has 1 saturated carbocycles. The zero-order valence-electron chi connectivity index (χ0n) is 12.4. The van der Waals surface area contributed by atoms with Crippen molar-refractivity contribution >= 4 is 15.7 Å². The van der Waals surface area contributed by atoms with Gasteiger partial charge in [0.25, 0.3) is 0 Å². The lowest BCUT2D eigenvalue weighted by Gasteiger charge is -2.21. The zero-order valence-corrected chi connectivity index (χ0v) is 13.2. The van der Waals surface area contributed by atoms with Gasteiger partial charge in [-0.1, -0.05) is 32.1 Å². The standard InChI is InChI=1S/C15H23FN2O2S/c1-11-9-13(10-14(17)15(11)16)21(19,20)18-8-7-12-5-3-2-4-6-12/h9-10,12,18H,2-8,17H2,1H3. The number of hydrogen-bond acceptors (Lipinski definition) is 3. The number of aryl methyl sites for hydroxylation is 1. The van der Waals surface area contributed by atoms with E-state index in [2.05, 4.69) is 4.72 Å². The second-order valence-corrected chi connectivity index (χ2v) is 7.60. The lowest BCUT2D eigenvalue weighted by Crippen LogP contribution is -2.27. The summed E-state index contributed by atoms with van der Waals surface area (Å²) in [6.45, 7) is 1.93. The monoisotopic (exact) mass is 314 g/mol. The number of nitrogens with two attached hydrogens (primary N) is 1. The lowest BCUT2D eigenvalue weighted by molar-refractivity contribution is 0.339. The molecule has 3 N–H and O–H groups in total. The van der Waals surface area contributed by atoms with Gasteiger partial charge in [-0.15, -0.1) is 0 Å². The SMILES string of the molecule is Cc1cc(S(=O)(=O)NCCC2CCCCC2)cc(N)c1F. The highest BCUT2D eigenvalue weighted by Gasteiger charge is 2.18. The number of sulfonamides is 1. The molecule has 0 aliphatic heterocycles. The minimum atomic E-state index is -3.62. The number of nitrogen functional groups attached to an aromatic ring is 1. The molecule has 0 aromatic heterocycles. The van der Waals surface area contributed by atoms with Gasteiger partial charge in [0.2, 0.25) is 10.0 Å². The van der Waals surface area contributed by atoms with E-state index in [-0.39, 0.29) is 16.1 Å². The summed E-state index contributed by atoms with van der Waals surface area (Å²) in [6, 6.07) is 2.49. The molecule has 118 valence electrons. The van der Waals surface area contributed by atoms with Crippen molar-refractivity contribution in [3.05, 3.63) is 23.5 Å². The molecular formula is C15H23FN2O2S. The Hall–Kier alpha value is -1.14. The summed E-state index contributed by atoms with van der Waals surface area (Å²) in [5.74, 6) is 0.0534. The Bertz CT molecular complexity index is 573. The second-order valence-electron chi connectivity index (χ2n) is 5.83. The molecule has 1 aromatic rings. The molecule has 0 heterocycles. The van der Waals surface area contributed by atoms with Crippen molar-refractivity contribution in [2.24, 2.45) is 5.92 Å². The van der Waals surface area contributed by atoms with E-state index in [0.29, 0.717) is 12.5 Å². The first-order valence-electron chi connectivity index (χ1n) is 7.45. The molecule has 0 amide bonds. The molecule has 0 radical (unpaired) electrons. The number of rotatable bonds is 5. The van der Waals surface area contributed by atoms with Crippen LogP contribution in [-0.2, 0) is 10.0 Å². The molecule has 21 heavy (non-hydrogen) atoms. The molecule has 0 bridgehead atoms. The second kappa shape index (κ2) is 6.75. The fraction of sp³-hybridized carbons (Fsp3) is 0.600. The third-order valence-corrected chi connectivity index (χ3v) is 5.58. The molecule has 1 aromatic carbocycles. The van der Waals surface area contributed by atoms with Crippen LogP contribution >= 0.6 is 0 Å². The molecule has 0 spiro atoms. The molecule has 1 aliphatic rings. The van der Waals surface area contributed by atoms with Crippen molar-refractivity contribution in [2.75, 3.05) is 12.3 Å². The Kier molecular flexibility index (Phi) is 5.22. The summed E-state index contributed by atoms with van der Waals surface area (Å²) < 4.78 is 40.4. The van der Waals surface area contributed by atoms with Gasteiger partial charge in [0.05, 0.1) is 10.6 Å². The van der Waals surface area contributed by atoms with Crippen molar-refractivity contribution in [3.8, 4) is 0 Å². The molecule has 0 saturated heterocycles. The average Bonchev–Trinajstić information content (AvgIpc) is 2.45. The maximum atomic E-state index is 13.5. The third-order valence-electron chi connectivity index (χ3n) is 4.14. The highest BCUT2D eigenvalue weighted by molar-refractivity contribution is 7.89. The van der Waals surface area contributed by atoms with E-state index in [4.69, 9.17) is 5.73 Å². The highest BCUT2D eigenvalue weighted by Crippen LogP contribution is 2.26. The molecule has 0 atom stereocenters. The van der Waals surface area contributed by atoms with Crippen molar-refractivity contribution in [3.63, 3.8) is 0 Å². The topological polar surface area (TPSA) is 72.2 Å². The van der Waals surface area contributed by atoms with E-state index in [9.17, 15) is 12.8 Å². The Morgan fingerprint density at radius 1 is 1.29 bits per heavy atom. The van der Waals surface area contributed by atoms with Crippen LogP contribution in [-0.4, -0.2) is 15.0 Å². The van der Waals surface area contributed by atoms with Crippen LogP contribution in [0.3, 0.4) is 0 Å². The van der Waals surface area contributed by atoms with Crippen LogP contribution in [0.25, 0.3) is 0 Å². The number of halogens is 1. The van der Waals surface area contributed by atoms with Gasteiger partial charge in [0.15, 0.2) is 0 Å². The summed E-state index contributed by atoms with van der Waals surface area (Å²) in [5, 5.41) is 0. The zero-order chi connectivity index (χ0) is 15.5.